The molecule has 7 heteroatoms. The third-order valence-electron chi connectivity index (χ3n) is 5.21. The maximum Gasteiger partial charge on any atom is 0.426 e. The summed E-state index contributed by atoms with van der Waals surface area (Å²) in [7, 11) is 0. The highest BCUT2D eigenvalue weighted by atomic mass is 19.1. The molecular weight excluding hydrogens is 419 g/mol. The van der Waals surface area contributed by atoms with Crippen LogP contribution in [-0.2, 0) is 0 Å². The van der Waals surface area contributed by atoms with Crippen molar-refractivity contribution >= 4 is 17.8 Å². The van der Waals surface area contributed by atoms with Gasteiger partial charge in [0.25, 0.3) is 0 Å². The van der Waals surface area contributed by atoms with Crippen molar-refractivity contribution in [3.63, 3.8) is 0 Å². The largest absolute Gasteiger partial charge is 0.550 e. The molecule has 2 aromatic heterocycles. The molecule has 0 spiro atoms. The molecule has 0 unspecified atom stereocenters. The minimum Gasteiger partial charge on any atom is -0.550 e. The van der Waals surface area contributed by atoms with Crippen LogP contribution in [0.3, 0.4) is 0 Å². The summed E-state index contributed by atoms with van der Waals surface area (Å²) in [6, 6.07) is 27.6. The monoisotopic (exact) mass is 437 g/mol. The molecule has 0 saturated heterocycles. The molecule has 5 rings (SSSR count). The second kappa shape index (κ2) is 9.08. The summed E-state index contributed by atoms with van der Waals surface area (Å²) >= 11 is 0. The second-order valence-electron chi connectivity index (χ2n) is 7.46. The van der Waals surface area contributed by atoms with Gasteiger partial charge in [-0.3, -0.25) is 0 Å². The fraction of sp³-hybridized carbons (Fsp3) is 0. The molecule has 0 bridgehead atoms. The van der Waals surface area contributed by atoms with Crippen molar-refractivity contribution < 1.29 is 13.4 Å². The predicted molar refractivity (Wildman–Crippen MR) is 125 cm³/mol. The van der Waals surface area contributed by atoms with Crippen LogP contribution in [0.25, 0.3) is 17.1 Å². The maximum absolute atomic E-state index is 13.4. The van der Waals surface area contributed by atoms with Crippen LogP contribution in [0.4, 0.5) is 8.78 Å². The molecule has 5 aromatic rings. The first kappa shape index (κ1) is 20.6. The number of pyridine rings is 1. The van der Waals surface area contributed by atoms with Crippen molar-refractivity contribution in [3.05, 3.63) is 121 Å². The lowest BCUT2D eigenvalue weighted by molar-refractivity contribution is 0.586. The average molecular weight is 437 g/mol. The Balaban J connectivity index is 1.40. The fourth-order valence-electron chi connectivity index (χ4n) is 3.53. The Morgan fingerprint density at radius 1 is 0.697 bits per heavy atom. The second-order valence-corrected chi connectivity index (χ2v) is 7.46. The molecule has 0 saturated carbocycles. The Labute approximate surface area is 190 Å². The number of hydrogen-bond donors (Lipinski definition) is 0. The van der Waals surface area contributed by atoms with Crippen LogP contribution in [0, 0.1) is 11.6 Å². The van der Waals surface area contributed by atoms with Crippen molar-refractivity contribution in [1.29, 1.82) is 0 Å². The minimum atomic E-state index is -0.548. The van der Waals surface area contributed by atoms with E-state index in [9.17, 15) is 8.78 Å². The zero-order valence-electron chi connectivity index (χ0n) is 17.5. The summed E-state index contributed by atoms with van der Waals surface area (Å²) in [6.07, 6.45) is 3.46. The van der Waals surface area contributed by atoms with E-state index in [1.54, 1.807) is 41.2 Å². The SMILES string of the molecule is Fc1ccc(B(Oc2ccc(-n3ccc(-c4ccccc4)n3)nc2)c2ccc(F)cc2)cc1. The van der Waals surface area contributed by atoms with Gasteiger partial charge in [0.05, 0.1) is 11.9 Å². The molecule has 0 radical (unpaired) electrons. The highest BCUT2D eigenvalue weighted by Crippen LogP contribution is 2.18. The quantitative estimate of drug-likeness (QED) is 0.370. The number of aromatic nitrogens is 3. The zero-order chi connectivity index (χ0) is 22.6. The van der Waals surface area contributed by atoms with Gasteiger partial charge in [0.2, 0.25) is 0 Å². The highest BCUT2D eigenvalue weighted by Gasteiger charge is 2.24. The molecule has 33 heavy (non-hydrogen) atoms. The molecule has 0 amide bonds. The Kier molecular flexibility index (Phi) is 5.68. The van der Waals surface area contributed by atoms with Gasteiger partial charge in [-0.1, -0.05) is 54.6 Å². The van der Waals surface area contributed by atoms with Crippen LogP contribution in [0.1, 0.15) is 0 Å². The van der Waals surface area contributed by atoms with E-state index in [1.807, 2.05) is 48.7 Å². The Hall–Kier alpha value is -4.26. The highest BCUT2D eigenvalue weighted by molar-refractivity contribution is 6.80. The lowest BCUT2D eigenvalue weighted by atomic mass is 9.55. The van der Waals surface area contributed by atoms with Gasteiger partial charge < -0.3 is 4.65 Å². The van der Waals surface area contributed by atoms with Gasteiger partial charge >= 0.3 is 6.92 Å². The van der Waals surface area contributed by atoms with Gasteiger partial charge in [-0.15, -0.1) is 0 Å². The van der Waals surface area contributed by atoms with Crippen molar-refractivity contribution in [2.45, 2.75) is 0 Å². The van der Waals surface area contributed by atoms with Crippen molar-refractivity contribution in [2.24, 2.45) is 0 Å². The van der Waals surface area contributed by atoms with E-state index in [1.165, 1.54) is 24.3 Å². The molecule has 2 heterocycles. The van der Waals surface area contributed by atoms with Gasteiger partial charge in [-0.25, -0.2) is 18.4 Å². The molecule has 0 aliphatic carbocycles. The van der Waals surface area contributed by atoms with Crippen molar-refractivity contribution in [2.75, 3.05) is 0 Å². The smallest absolute Gasteiger partial charge is 0.426 e. The molecule has 0 atom stereocenters. The Bertz CT molecular complexity index is 1290. The molecule has 0 N–H and O–H groups in total. The maximum atomic E-state index is 13.4. The third kappa shape index (κ3) is 4.67. The number of hydrogen-bond acceptors (Lipinski definition) is 3. The number of benzene rings is 3. The van der Waals surface area contributed by atoms with Crippen LogP contribution in [0.15, 0.2) is 109 Å². The molecular formula is C26H18BF2N3O. The summed E-state index contributed by atoms with van der Waals surface area (Å²) < 4.78 is 34.8. The van der Waals surface area contributed by atoms with Crippen LogP contribution >= 0.6 is 0 Å². The van der Waals surface area contributed by atoms with E-state index in [0.717, 1.165) is 22.2 Å². The van der Waals surface area contributed by atoms with Crippen LogP contribution in [0.2, 0.25) is 0 Å². The summed E-state index contributed by atoms with van der Waals surface area (Å²) in [5.74, 6) is 0.492. The lowest BCUT2D eigenvalue weighted by Crippen LogP contribution is -2.47. The Morgan fingerprint density at radius 2 is 1.33 bits per heavy atom. The Morgan fingerprint density at radius 3 is 1.91 bits per heavy atom. The van der Waals surface area contributed by atoms with E-state index in [0.29, 0.717) is 11.6 Å². The zero-order valence-corrected chi connectivity index (χ0v) is 17.5. The topological polar surface area (TPSA) is 39.9 Å². The van der Waals surface area contributed by atoms with Gasteiger partial charge in [0.1, 0.15) is 17.4 Å². The standard InChI is InChI=1S/C26H18BF2N3O/c28-22-10-6-20(7-11-22)27(21-8-12-23(29)13-9-21)33-24-14-15-26(30-18-24)32-17-16-25(31-32)19-4-2-1-3-5-19/h1-18H. The van der Waals surface area contributed by atoms with Gasteiger partial charge in [-0.05, 0) is 53.4 Å². The van der Waals surface area contributed by atoms with Crippen LogP contribution < -0.4 is 15.6 Å². The third-order valence-corrected chi connectivity index (χ3v) is 5.21. The molecule has 160 valence electrons. The van der Waals surface area contributed by atoms with Gasteiger partial charge in [-0.2, -0.15) is 5.10 Å². The normalized spacial score (nSPS) is 10.7. The average Bonchev–Trinajstić information content (AvgIpc) is 3.35. The van der Waals surface area contributed by atoms with Crippen LogP contribution in [-0.4, -0.2) is 21.7 Å². The molecule has 0 fully saturated rings. The first-order valence-electron chi connectivity index (χ1n) is 10.4. The van der Waals surface area contributed by atoms with E-state index >= 15 is 0 Å². The predicted octanol–water partition coefficient (Wildman–Crippen LogP) is 4.40. The lowest BCUT2D eigenvalue weighted by Gasteiger charge is -2.17. The molecule has 4 nitrogen and oxygen atoms in total. The van der Waals surface area contributed by atoms with Crippen molar-refractivity contribution in [1.82, 2.24) is 14.8 Å². The summed E-state index contributed by atoms with van der Waals surface area (Å²) in [6.45, 7) is -0.548. The van der Waals surface area contributed by atoms with Crippen LogP contribution in [0.5, 0.6) is 5.75 Å². The van der Waals surface area contributed by atoms with E-state index < -0.39 is 6.92 Å². The first-order chi connectivity index (χ1) is 16.2. The fourth-order valence-corrected chi connectivity index (χ4v) is 3.53. The van der Waals surface area contributed by atoms with E-state index in [2.05, 4.69) is 10.1 Å². The van der Waals surface area contributed by atoms with Gasteiger partial charge in [0.15, 0.2) is 5.82 Å². The summed E-state index contributed by atoms with van der Waals surface area (Å²) in [5, 5.41) is 4.60. The van der Waals surface area contributed by atoms with E-state index in [-0.39, 0.29) is 11.6 Å². The number of nitrogens with zero attached hydrogens (tertiary/aromatic N) is 3. The molecule has 0 aliphatic rings. The summed E-state index contributed by atoms with van der Waals surface area (Å²) in [4.78, 5) is 4.48. The summed E-state index contributed by atoms with van der Waals surface area (Å²) in [5.41, 5.74) is 3.36. The van der Waals surface area contributed by atoms with Gasteiger partial charge in [0, 0.05) is 11.8 Å². The van der Waals surface area contributed by atoms with Crippen molar-refractivity contribution in [3.8, 4) is 22.8 Å². The number of halogens is 2. The molecule has 0 aliphatic heterocycles. The minimum absolute atomic E-state index is 0.336. The van der Waals surface area contributed by atoms with E-state index in [4.69, 9.17) is 4.65 Å². The molecule has 3 aromatic carbocycles. The first-order valence-corrected chi connectivity index (χ1v) is 10.4. The number of rotatable bonds is 6.